The topological polar surface area (TPSA) is 206 Å². The van der Waals surface area contributed by atoms with Gasteiger partial charge < -0.3 is 35.1 Å². The number of thiazole rings is 1. The molecule has 1 saturated carbocycles. The minimum absolute atomic E-state index is 0.000667. The molecule has 7 aromatic rings. The second-order valence-electron chi connectivity index (χ2n) is 20.7. The molecule has 0 spiro atoms. The summed E-state index contributed by atoms with van der Waals surface area (Å²) in [5.41, 5.74) is 8.16. The Balaban J connectivity index is 0.754. The summed E-state index contributed by atoms with van der Waals surface area (Å²) < 4.78 is 14.4. The predicted molar refractivity (Wildman–Crippen MR) is 285 cm³/mol. The number of benzene rings is 3. The molecular weight excluding hydrogens is 998 g/mol. The maximum Gasteiger partial charge on any atom is 0.287 e. The number of ether oxygens (including phenoxy) is 1. The van der Waals surface area contributed by atoms with Gasteiger partial charge in [-0.2, -0.15) is 0 Å². The van der Waals surface area contributed by atoms with E-state index in [1.807, 2.05) is 100 Å². The van der Waals surface area contributed by atoms with Gasteiger partial charge >= 0.3 is 0 Å². The van der Waals surface area contributed by atoms with Gasteiger partial charge in [0.05, 0.1) is 40.4 Å². The molecular formula is C55H58ClN9O7S2. The van der Waals surface area contributed by atoms with Crippen molar-refractivity contribution in [1.29, 1.82) is 0 Å². The van der Waals surface area contributed by atoms with Crippen LogP contribution in [0.4, 0.5) is 0 Å². The molecule has 16 nitrogen and oxygen atoms in total. The van der Waals surface area contributed by atoms with Crippen molar-refractivity contribution in [2.75, 3.05) is 6.54 Å². The van der Waals surface area contributed by atoms with Crippen LogP contribution in [0.3, 0.4) is 0 Å². The first-order valence-electron chi connectivity index (χ1n) is 24.8. The smallest absolute Gasteiger partial charge is 0.287 e. The average Bonchev–Trinajstić information content (AvgIpc) is 4.19. The Morgan fingerprint density at radius 1 is 0.932 bits per heavy atom. The first-order valence-corrected chi connectivity index (χ1v) is 26.8. The van der Waals surface area contributed by atoms with Crippen LogP contribution in [-0.2, 0) is 14.4 Å². The molecule has 74 heavy (non-hydrogen) atoms. The van der Waals surface area contributed by atoms with Crippen molar-refractivity contribution < 1.29 is 33.4 Å². The number of aliphatic hydroxyl groups excluding tert-OH is 1. The molecule has 5 atom stereocenters. The van der Waals surface area contributed by atoms with E-state index in [0.717, 1.165) is 59.8 Å². The largest absolute Gasteiger partial charge is 0.490 e. The van der Waals surface area contributed by atoms with E-state index < -0.39 is 47.4 Å². The van der Waals surface area contributed by atoms with Crippen molar-refractivity contribution in [3.8, 4) is 21.2 Å². The average molecular weight is 1060 g/mol. The quantitative estimate of drug-likeness (QED) is 0.0862. The number of fused-ring (bicyclic) bond motifs is 4. The number of nitrogens with zero attached hydrogens (tertiary/aromatic N) is 6. The molecule has 2 fully saturated rings. The number of aryl methyl sites for hydroxylation is 3. The Labute approximate surface area is 441 Å². The second-order valence-corrected chi connectivity index (χ2v) is 23.2. The molecule has 4 amide bonds. The number of aliphatic hydroxyl groups is 1. The van der Waals surface area contributed by atoms with E-state index in [2.05, 4.69) is 45.0 Å². The fourth-order valence-corrected chi connectivity index (χ4v) is 12.1. The zero-order valence-corrected chi connectivity index (χ0v) is 44.7. The standard InChI is InChI=1S/C55H58ClN9O7S2/c1-27-30(4)74-54-46(27)47(33-13-15-36(56)16-14-33)60-41(50-63-62-31(5)65(50)54)24-45(67)59-37-21-40(22-37)71-39-17-18-43-35(19-39)20-44(72-43)52(69)61-49(55(6,7)8)53(70)64-25-38(66)23-42(64)51(68)58-28(2)32-9-11-34(12-10-32)48-29(3)57-26-73-48/h9-20,26,28,37-38,40-42,49,66H,21-25H2,1-8H3,(H,58,68)(H,59,67)(H,61,69)/t28-,37-,38+,40+,41-,42-,49?/m0/s1. The van der Waals surface area contributed by atoms with Gasteiger partial charge in [-0.25, -0.2) is 4.98 Å². The van der Waals surface area contributed by atoms with Crippen molar-refractivity contribution >= 4 is 74.6 Å². The van der Waals surface area contributed by atoms with Crippen molar-refractivity contribution in [3.05, 3.63) is 134 Å². The normalized spacial score (nSPS) is 20.2. The molecule has 3 aromatic carbocycles. The van der Waals surface area contributed by atoms with E-state index in [4.69, 9.17) is 25.7 Å². The van der Waals surface area contributed by atoms with Gasteiger partial charge in [0.15, 0.2) is 11.6 Å². The minimum Gasteiger partial charge on any atom is -0.490 e. The molecule has 6 heterocycles. The molecule has 4 aromatic heterocycles. The van der Waals surface area contributed by atoms with E-state index in [9.17, 15) is 24.3 Å². The van der Waals surface area contributed by atoms with Crippen LogP contribution in [0, 0.1) is 33.1 Å². The molecule has 10 rings (SSSR count). The van der Waals surface area contributed by atoms with Crippen LogP contribution in [0.25, 0.3) is 26.4 Å². The maximum atomic E-state index is 14.4. The summed E-state index contributed by atoms with van der Waals surface area (Å²) in [6.07, 6.45) is 0.255. The fraction of sp³-hybridized carbons (Fsp3) is 0.382. The van der Waals surface area contributed by atoms with Crippen LogP contribution in [0.15, 0.2) is 87.7 Å². The van der Waals surface area contributed by atoms with Crippen LogP contribution in [0.5, 0.6) is 5.75 Å². The monoisotopic (exact) mass is 1060 g/mol. The molecule has 0 radical (unpaired) electrons. The fourth-order valence-electron chi connectivity index (χ4n) is 9.99. The summed E-state index contributed by atoms with van der Waals surface area (Å²) in [6, 6.07) is 19.3. The van der Waals surface area contributed by atoms with Gasteiger partial charge in [0.25, 0.3) is 5.91 Å². The van der Waals surface area contributed by atoms with Gasteiger partial charge in [-0.05, 0) is 93.1 Å². The number of β-amino-alcohol motifs (C(OH)–C–C–N with tert-alkyl or cyclic N) is 1. The van der Waals surface area contributed by atoms with Crippen LogP contribution < -0.4 is 20.7 Å². The van der Waals surface area contributed by atoms with Gasteiger partial charge in [0.1, 0.15) is 46.4 Å². The highest BCUT2D eigenvalue weighted by molar-refractivity contribution is 7.15. The lowest BCUT2D eigenvalue weighted by Gasteiger charge is -2.36. The van der Waals surface area contributed by atoms with Crippen LogP contribution in [-0.4, -0.2) is 96.0 Å². The SMILES string of the molecule is Cc1ncsc1-c1ccc([C@H](C)NC(=O)[C@@H]2C[C@@H](O)CN2C(=O)C(NC(=O)c2cc3cc(O[C@H]4C[C@@H](NC(=O)C[C@@H]5N=C(c6ccc(Cl)cc6)c6c(sc(C)c6C)-n6c(C)nnc65)C4)ccc3o2)C(C)(C)C)cc1. The number of nitrogens with one attached hydrogen (secondary N) is 3. The van der Waals surface area contributed by atoms with E-state index in [0.29, 0.717) is 40.4 Å². The summed E-state index contributed by atoms with van der Waals surface area (Å²) in [5, 5.41) is 31.1. The third kappa shape index (κ3) is 10.1. The lowest BCUT2D eigenvalue weighted by molar-refractivity contribution is -0.142. The third-order valence-corrected chi connectivity index (χ3v) is 16.7. The van der Waals surface area contributed by atoms with E-state index in [-0.39, 0.29) is 49.2 Å². The van der Waals surface area contributed by atoms with Crippen molar-refractivity contribution in [3.63, 3.8) is 0 Å². The molecule has 2 aliphatic heterocycles. The Morgan fingerprint density at radius 2 is 1.66 bits per heavy atom. The van der Waals surface area contributed by atoms with Crippen LogP contribution >= 0.6 is 34.3 Å². The van der Waals surface area contributed by atoms with Gasteiger partial charge in [-0.15, -0.1) is 32.9 Å². The Bertz CT molecular complexity index is 3330. The number of amides is 4. The first kappa shape index (κ1) is 50.8. The van der Waals surface area contributed by atoms with E-state index >= 15 is 0 Å². The maximum absolute atomic E-state index is 14.4. The number of aliphatic imine (C=N–C) groups is 1. The highest BCUT2D eigenvalue weighted by atomic mass is 35.5. The molecule has 384 valence electrons. The predicted octanol–water partition coefficient (Wildman–Crippen LogP) is 9.08. The summed E-state index contributed by atoms with van der Waals surface area (Å²) >= 11 is 9.51. The second kappa shape index (κ2) is 20.2. The molecule has 0 bridgehead atoms. The minimum atomic E-state index is -1.06. The molecule has 1 aliphatic carbocycles. The van der Waals surface area contributed by atoms with Gasteiger partial charge in [-0.3, -0.25) is 28.7 Å². The van der Waals surface area contributed by atoms with Gasteiger partial charge in [-0.1, -0.05) is 68.8 Å². The van der Waals surface area contributed by atoms with Crippen molar-refractivity contribution in [2.24, 2.45) is 10.4 Å². The van der Waals surface area contributed by atoms with Crippen LogP contribution in [0.1, 0.15) is 120 Å². The highest BCUT2D eigenvalue weighted by Gasteiger charge is 2.45. The summed E-state index contributed by atoms with van der Waals surface area (Å²) in [4.78, 5) is 69.0. The zero-order valence-electron chi connectivity index (χ0n) is 42.4. The number of likely N-dealkylation sites (tertiary alicyclic amines) is 1. The summed E-state index contributed by atoms with van der Waals surface area (Å²) in [5.74, 6) is 0.276. The number of thiophene rings is 1. The molecule has 3 aliphatic rings. The van der Waals surface area contributed by atoms with Gasteiger partial charge in [0, 0.05) is 58.3 Å². The number of hydrogen-bond donors (Lipinski definition) is 4. The number of carbonyl (C=O) groups is 4. The Hall–Kier alpha value is -6.73. The number of hydrogen-bond acceptors (Lipinski definition) is 13. The lowest BCUT2D eigenvalue weighted by Crippen LogP contribution is -2.57. The Kier molecular flexibility index (Phi) is 13.9. The molecule has 1 saturated heterocycles. The number of halogens is 1. The van der Waals surface area contributed by atoms with Crippen molar-refractivity contribution in [2.45, 2.75) is 123 Å². The van der Waals surface area contributed by atoms with E-state index in [1.54, 1.807) is 46.9 Å². The highest BCUT2D eigenvalue weighted by Crippen LogP contribution is 2.40. The van der Waals surface area contributed by atoms with E-state index in [1.165, 1.54) is 4.90 Å². The zero-order chi connectivity index (χ0) is 52.3. The first-order chi connectivity index (χ1) is 35.3. The van der Waals surface area contributed by atoms with Gasteiger partial charge in [0.2, 0.25) is 17.7 Å². The Morgan fingerprint density at radius 3 is 2.36 bits per heavy atom. The summed E-state index contributed by atoms with van der Waals surface area (Å²) in [6.45, 7) is 15.4. The molecule has 19 heteroatoms. The van der Waals surface area contributed by atoms with Crippen LogP contribution in [0.2, 0.25) is 5.02 Å². The number of carbonyl (C=O) groups excluding carboxylic acids is 4. The molecule has 1 unspecified atom stereocenters. The summed E-state index contributed by atoms with van der Waals surface area (Å²) in [7, 11) is 0. The number of rotatable bonds is 13. The molecule has 4 N–H and O–H groups in total. The lowest BCUT2D eigenvalue weighted by atomic mass is 9.85. The number of furan rings is 1. The number of aromatic nitrogens is 4. The third-order valence-electron chi connectivity index (χ3n) is 14.2. The van der Waals surface area contributed by atoms with Crippen molar-refractivity contribution in [1.82, 2.24) is 40.6 Å².